The lowest BCUT2D eigenvalue weighted by Gasteiger charge is -2.06. The normalized spacial score (nSPS) is 10.4. The van der Waals surface area contributed by atoms with E-state index in [-0.39, 0.29) is 12.3 Å². The second kappa shape index (κ2) is 8.15. The quantitative estimate of drug-likeness (QED) is 0.701. The molecule has 0 unspecified atom stereocenters. The van der Waals surface area contributed by atoms with Crippen molar-refractivity contribution < 1.29 is 18.7 Å². The number of aryl methyl sites for hydroxylation is 1. The van der Waals surface area contributed by atoms with E-state index in [1.165, 1.54) is 0 Å². The van der Waals surface area contributed by atoms with Gasteiger partial charge in [-0.05, 0) is 24.3 Å². The number of methoxy groups -OCH3 is 2. The SMILES string of the molecule is COc1cccc(NC(=O)CCc2nnc(-c3ccccc3OC)o2)c1. The average molecular weight is 353 g/mol. The molecular formula is C19H19N3O4. The maximum atomic E-state index is 12.1. The monoisotopic (exact) mass is 353 g/mol. The number of benzene rings is 2. The fourth-order valence-electron chi connectivity index (χ4n) is 2.43. The molecule has 3 aromatic rings. The molecule has 0 aliphatic carbocycles. The number of rotatable bonds is 7. The Morgan fingerprint density at radius 3 is 2.73 bits per heavy atom. The number of amides is 1. The summed E-state index contributed by atoms with van der Waals surface area (Å²) < 4.78 is 16.1. The van der Waals surface area contributed by atoms with Crippen molar-refractivity contribution in [1.29, 1.82) is 0 Å². The van der Waals surface area contributed by atoms with Crippen molar-refractivity contribution >= 4 is 11.6 Å². The third-order valence-electron chi connectivity index (χ3n) is 3.72. The highest BCUT2D eigenvalue weighted by atomic mass is 16.5. The van der Waals surface area contributed by atoms with Crippen LogP contribution in [0.2, 0.25) is 0 Å². The van der Waals surface area contributed by atoms with Gasteiger partial charge in [-0.1, -0.05) is 18.2 Å². The minimum absolute atomic E-state index is 0.143. The number of aromatic nitrogens is 2. The Morgan fingerprint density at radius 1 is 1.08 bits per heavy atom. The summed E-state index contributed by atoms with van der Waals surface area (Å²) in [4.78, 5) is 12.1. The van der Waals surface area contributed by atoms with Gasteiger partial charge in [0.25, 0.3) is 5.89 Å². The zero-order valence-corrected chi connectivity index (χ0v) is 14.6. The Morgan fingerprint density at radius 2 is 1.92 bits per heavy atom. The van der Waals surface area contributed by atoms with Crippen LogP contribution in [-0.4, -0.2) is 30.3 Å². The second-order valence-electron chi connectivity index (χ2n) is 5.48. The van der Waals surface area contributed by atoms with Crippen LogP contribution in [0.15, 0.2) is 52.9 Å². The molecule has 7 nitrogen and oxygen atoms in total. The predicted molar refractivity (Wildman–Crippen MR) is 96.2 cm³/mol. The van der Waals surface area contributed by atoms with Crippen LogP contribution in [-0.2, 0) is 11.2 Å². The second-order valence-corrected chi connectivity index (χ2v) is 5.48. The Balaban J connectivity index is 1.60. The van der Waals surface area contributed by atoms with Crippen LogP contribution in [0.1, 0.15) is 12.3 Å². The molecule has 26 heavy (non-hydrogen) atoms. The molecule has 134 valence electrons. The van der Waals surface area contributed by atoms with Crippen molar-refractivity contribution in [3.05, 3.63) is 54.4 Å². The van der Waals surface area contributed by atoms with Crippen LogP contribution in [0.3, 0.4) is 0 Å². The number of anilines is 1. The molecular weight excluding hydrogens is 334 g/mol. The molecule has 0 aliphatic rings. The number of carbonyl (C=O) groups is 1. The van der Waals surface area contributed by atoms with Gasteiger partial charge in [0.1, 0.15) is 11.5 Å². The molecule has 0 spiro atoms. The first kappa shape index (κ1) is 17.5. The van der Waals surface area contributed by atoms with Gasteiger partial charge < -0.3 is 19.2 Å². The zero-order chi connectivity index (χ0) is 18.4. The first-order valence-electron chi connectivity index (χ1n) is 8.09. The van der Waals surface area contributed by atoms with Gasteiger partial charge in [0.2, 0.25) is 11.8 Å². The summed E-state index contributed by atoms with van der Waals surface area (Å²) >= 11 is 0. The van der Waals surface area contributed by atoms with Crippen molar-refractivity contribution in [3.8, 4) is 23.0 Å². The number of nitrogens with zero attached hydrogens (tertiary/aromatic N) is 2. The number of nitrogens with one attached hydrogen (secondary N) is 1. The highest BCUT2D eigenvalue weighted by Gasteiger charge is 2.14. The molecule has 0 bridgehead atoms. The molecule has 0 saturated carbocycles. The largest absolute Gasteiger partial charge is 0.497 e. The Labute approximate surface area is 151 Å². The van der Waals surface area contributed by atoms with Gasteiger partial charge in [-0.25, -0.2) is 0 Å². The van der Waals surface area contributed by atoms with E-state index in [9.17, 15) is 4.79 Å². The summed E-state index contributed by atoms with van der Waals surface area (Å²) in [5, 5.41) is 10.9. The minimum atomic E-state index is -0.143. The van der Waals surface area contributed by atoms with E-state index in [0.717, 1.165) is 5.56 Å². The van der Waals surface area contributed by atoms with Crippen molar-refractivity contribution in [2.24, 2.45) is 0 Å². The Bertz CT molecular complexity index is 892. The Hall–Kier alpha value is -3.35. The smallest absolute Gasteiger partial charge is 0.251 e. The van der Waals surface area contributed by atoms with Crippen LogP contribution in [0.25, 0.3) is 11.5 Å². The third kappa shape index (κ3) is 4.18. The fourth-order valence-corrected chi connectivity index (χ4v) is 2.43. The standard InChI is InChI=1S/C19H19N3O4/c1-24-14-7-5-6-13(12-14)20-17(23)10-11-18-21-22-19(26-18)15-8-3-4-9-16(15)25-2/h3-9,12H,10-11H2,1-2H3,(H,20,23). The summed E-state index contributed by atoms with van der Waals surface area (Å²) in [7, 11) is 3.16. The van der Waals surface area contributed by atoms with E-state index < -0.39 is 0 Å². The summed E-state index contributed by atoms with van der Waals surface area (Å²) in [6, 6.07) is 14.6. The number of ether oxygens (including phenoxy) is 2. The van der Waals surface area contributed by atoms with Gasteiger partial charge in [-0.3, -0.25) is 4.79 Å². The Kier molecular flexibility index (Phi) is 5.48. The van der Waals surface area contributed by atoms with E-state index in [4.69, 9.17) is 13.9 Å². The van der Waals surface area contributed by atoms with Gasteiger partial charge in [0.05, 0.1) is 19.8 Å². The molecule has 1 amide bonds. The molecule has 1 aromatic heterocycles. The first-order chi connectivity index (χ1) is 12.7. The molecule has 0 radical (unpaired) electrons. The molecule has 0 fully saturated rings. The van der Waals surface area contributed by atoms with E-state index in [2.05, 4.69) is 15.5 Å². The van der Waals surface area contributed by atoms with Crippen molar-refractivity contribution in [3.63, 3.8) is 0 Å². The highest BCUT2D eigenvalue weighted by Crippen LogP contribution is 2.28. The molecule has 7 heteroatoms. The third-order valence-corrected chi connectivity index (χ3v) is 3.72. The molecule has 3 rings (SSSR count). The van der Waals surface area contributed by atoms with Crippen LogP contribution in [0.4, 0.5) is 5.69 Å². The minimum Gasteiger partial charge on any atom is -0.497 e. The van der Waals surface area contributed by atoms with Gasteiger partial charge in [0, 0.05) is 24.6 Å². The maximum absolute atomic E-state index is 12.1. The highest BCUT2D eigenvalue weighted by molar-refractivity contribution is 5.90. The summed E-state index contributed by atoms with van der Waals surface area (Å²) in [6.45, 7) is 0. The van der Waals surface area contributed by atoms with Crippen LogP contribution in [0.5, 0.6) is 11.5 Å². The molecule has 1 N–H and O–H groups in total. The molecule has 0 atom stereocenters. The van der Waals surface area contributed by atoms with Crippen LogP contribution >= 0.6 is 0 Å². The lowest BCUT2D eigenvalue weighted by molar-refractivity contribution is -0.116. The average Bonchev–Trinajstić information content (AvgIpc) is 3.15. The number of hydrogen-bond acceptors (Lipinski definition) is 6. The number of hydrogen-bond donors (Lipinski definition) is 1. The number of para-hydroxylation sites is 1. The topological polar surface area (TPSA) is 86.5 Å². The van der Waals surface area contributed by atoms with Gasteiger partial charge in [-0.2, -0.15) is 0 Å². The maximum Gasteiger partial charge on any atom is 0.251 e. The summed E-state index contributed by atoms with van der Waals surface area (Å²) in [5.41, 5.74) is 1.39. The lowest BCUT2D eigenvalue weighted by atomic mass is 10.2. The molecule has 2 aromatic carbocycles. The van der Waals surface area contributed by atoms with E-state index in [1.54, 1.807) is 26.4 Å². The van der Waals surface area contributed by atoms with Crippen molar-refractivity contribution in [2.45, 2.75) is 12.8 Å². The molecule has 1 heterocycles. The van der Waals surface area contributed by atoms with Gasteiger partial charge >= 0.3 is 0 Å². The van der Waals surface area contributed by atoms with Crippen molar-refractivity contribution in [2.75, 3.05) is 19.5 Å². The van der Waals surface area contributed by atoms with E-state index >= 15 is 0 Å². The van der Waals surface area contributed by atoms with Crippen molar-refractivity contribution in [1.82, 2.24) is 10.2 Å². The van der Waals surface area contributed by atoms with Gasteiger partial charge in [0.15, 0.2) is 0 Å². The number of carbonyl (C=O) groups excluding carboxylic acids is 1. The van der Waals surface area contributed by atoms with E-state index in [1.807, 2.05) is 36.4 Å². The van der Waals surface area contributed by atoms with E-state index in [0.29, 0.717) is 35.4 Å². The molecule has 0 saturated heterocycles. The van der Waals surface area contributed by atoms with Crippen LogP contribution in [0, 0.1) is 0 Å². The zero-order valence-electron chi connectivity index (χ0n) is 14.6. The predicted octanol–water partition coefficient (Wildman–Crippen LogP) is 3.33. The van der Waals surface area contributed by atoms with Gasteiger partial charge in [-0.15, -0.1) is 10.2 Å². The first-order valence-corrected chi connectivity index (χ1v) is 8.09. The molecule has 0 aliphatic heterocycles. The summed E-state index contributed by atoms with van der Waals surface area (Å²) in [5.74, 6) is 1.95. The van der Waals surface area contributed by atoms with Crippen LogP contribution < -0.4 is 14.8 Å². The summed E-state index contributed by atoms with van der Waals surface area (Å²) in [6.07, 6.45) is 0.572. The lowest BCUT2D eigenvalue weighted by Crippen LogP contribution is -2.12. The fraction of sp³-hybridized carbons (Fsp3) is 0.211.